The molecule has 4 rings (SSSR count). The zero-order chi connectivity index (χ0) is 24.8. The number of aliphatic imine (C=N–C) groups is 1. The first-order chi connectivity index (χ1) is 16.9. The van der Waals surface area contributed by atoms with E-state index in [1.807, 2.05) is 66.9 Å². The van der Waals surface area contributed by atoms with Crippen molar-refractivity contribution in [2.75, 3.05) is 19.0 Å². The van der Waals surface area contributed by atoms with E-state index < -0.39 is 5.54 Å². The quantitative estimate of drug-likeness (QED) is 0.319. The van der Waals surface area contributed by atoms with Crippen molar-refractivity contribution in [3.05, 3.63) is 78.5 Å². The van der Waals surface area contributed by atoms with Gasteiger partial charge in [-0.15, -0.1) is 0 Å². The predicted molar refractivity (Wildman–Crippen MR) is 140 cm³/mol. The molecule has 5 N–H and O–H groups in total. The molecule has 0 spiro atoms. The topological polar surface area (TPSA) is 129 Å². The molecule has 3 aromatic heterocycles. The zero-order valence-electron chi connectivity index (χ0n) is 20.1. The van der Waals surface area contributed by atoms with Gasteiger partial charge in [-0.1, -0.05) is 24.3 Å². The highest BCUT2D eigenvalue weighted by atomic mass is 16.5. The Hall–Kier alpha value is -4.24. The second-order valence-corrected chi connectivity index (χ2v) is 8.86. The van der Waals surface area contributed by atoms with Gasteiger partial charge in [0.05, 0.1) is 17.6 Å². The molecule has 0 atom stereocenters. The van der Waals surface area contributed by atoms with Crippen molar-refractivity contribution in [3.63, 3.8) is 0 Å². The molecule has 0 bridgehead atoms. The van der Waals surface area contributed by atoms with Gasteiger partial charge in [0.15, 0.2) is 0 Å². The van der Waals surface area contributed by atoms with Crippen LogP contribution in [0.1, 0.15) is 25.0 Å². The summed E-state index contributed by atoms with van der Waals surface area (Å²) in [5.74, 6) is 1.44. The van der Waals surface area contributed by atoms with E-state index >= 15 is 0 Å². The van der Waals surface area contributed by atoms with Gasteiger partial charge < -0.3 is 21.5 Å². The van der Waals surface area contributed by atoms with Crippen molar-refractivity contribution in [2.24, 2.45) is 16.5 Å². The van der Waals surface area contributed by atoms with Gasteiger partial charge in [0.2, 0.25) is 0 Å². The third-order valence-corrected chi connectivity index (χ3v) is 5.23. The van der Waals surface area contributed by atoms with Crippen LogP contribution in [0.4, 0.5) is 5.82 Å². The number of nitrogens with zero attached hydrogens (tertiary/aromatic N) is 5. The summed E-state index contributed by atoms with van der Waals surface area (Å²) in [6, 6.07) is 13.8. The number of fused-ring (bicyclic) bond motifs is 1. The van der Waals surface area contributed by atoms with Gasteiger partial charge in [0, 0.05) is 55.4 Å². The lowest BCUT2D eigenvalue weighted by molar-refractivity contribution is 0.243. The van der Waals surface area contributed by atoms with Crippen LogP contribution in [0, 0.1) is 0 Å². The van der Waals surface area contributed by atoms with Crippen LogP contribution in [-0.2, 0) is 6.54 Å². The van der Waals surface area contributed by atoms with E-state index in [2.05, 4.69) is 25.3 Å². The van der Waals surface area contributed by atoms with Crippen LogP contribution in [-0.4, -0.2) is 44.8 Å². The summed E-state index contributed by atoms with van der Waals surface area (Å²) in [6.45, 7) is 4.88. The summed E-state index contributed by atoms with van der Waals surface area (Å²) < 4.78 is 7.76. The third kappa shape index (κ3) is 6.01. The van der Waals surface area contributed by atoms with E-state index in [4.69, 9.17) is 16.2 Å². The van der Waals surface area contributed by atoms with Crippen LogP contribution in [0.2, 0.25) is 0 Å². The number of pyridine rings is 1. The Labute approximate surface area is 204 Å². The maximum Gasteiger partial charge on any atom is 0.140 e. The number of nitrogens with two attached hydrogens (primary N) is 2. The zero-order valence-corrected chi connectivity index (χ0v) is 20.1. The number of nitrogens with one attached hydrogen (secondary N) is 1. The molecule has 0 aliphatic rings. The number of allylic oxidation sites excluding steroid dienone is 1. The van der Waals surface area contributed by atoms with Gasteiger partial charge in [-0.2, -0.15) is 0 Å². The van der Waals surface area contributed by atoms with Gasteiger partial charge in [0.1, 0.15) is 30.1 Å². The summed E-state index contributed by atoms with van der Waals surface area (Å²) in [5, 5.41) is 3.36. The number of imidazole rings is 1. The van der Waals surface area contributed by atoms with E-state index in [0.29, 0.717) is 13.2 Å². The first-order valence-electron chi connectivity index (χ1n) is 11.2. The van der Waals surface area contributed by atoms with Gasteiger partial charge in [0.25, 0.3) is 0 Å². The van der Waals surface area contributed by atoms with E-state index in [0.717, 1.165) is 45.3 Å². The SMILES string of the molecule is CN=CC(=CN)c1ccc(CNc2cc(-c3cnc4cc(OCC(C)(C)N)ccn34)ncn2)cc1. The Morgan fingerprint density at radius 2 is 1.94 bits per heavy atom. The van der Waals surface area contributed by atoms with Gasteiger partial charge >= 0.3 is 0 Å². The standard InChI is InChI=1S/C26H30N8O/c1-26(2,28)16-35-21-8-9-34-23(15-31-25(34)10-21)22-11-24(33-17-32-22)30-13-18-4-6-19(7-5-18)20(12-27)14-29-3/h4-12,14-15,17H,13,16,27-28H2,1-3H3,(H,30,32,33). The van der Waals surface area contributed by atoms with Crippen molar-refractivity contribution in [1.82, 2.24) is 19.4 Å². The van der Waals surface area contributed by atoms with Crippen LogP contribution in [0.3, 0.4) is 0 Å². The molecule has 1 aromatic carbocycles. The second kappa shape index (κ2) is 10.4. The van der Waals surface area contributed by atoms with Crippen LogP contribution in [0.15, 0.2) is 72.4 Å². The summed E-state index contributed by atoms with van der Waals surface area (Å²) in [4.78, 5) is 17.4. The normalized spacial score (nSPS) is 12.4. The Morgan fingerprint density at radius 3 is 2.66 bits per heavy atom. The second-order valence-electron chi connectivity index (χ2n) is 8.86. The maximum absolute atomic E-state index is 6.01. The third-order valence-electron chi connectivity index (χ3n) is 5.23. The molecule has 3 heterocycles. The Bertz CT molecular complexity index is 1350. The number of rotatable bonds is 9. The fraction of sp³-hybridized carbons (Fsp3) is 0.231. The molecule has 0 amide bonds. The Kier molecular flexibility index (Phi) is 7.07. The monoisotopic (exact) mass is 470 g/mol. The fourth-order valence-corrected chi connectivity index (χ4v) is 3.47. The summed E-state index contributed by atoms with van der Waals surface area (Å²) in [7, 11) is 1.72. The van der Waals surface area contributed by atoms with Crippen LogP contribution in [0.25, 0.3) is 22.6 Å². The average Bonchev–Trinajstić information content (AvgIpc) is 3.28. The molecule has 0 aliphatic heterocycles. The van der Waals surface area contributed by atoms with E-state index in [-0.39, 0.29) is 0 Å². The molecular weight excluding hydrogens is 440 g/mol. The van der Waals surface area contributed by atoms with E-state index in [1.54, 1.807) is 32.0 Å². The van der Waals surface area contributed by atoms with Gasteiger partial charge in [-0.05, 0) is 31.0 Å². The molecule has 0 saturated carbocycles. The molecule has 0 radical (unpaired) electrons. The number of ether oxygens (including phenoxy) is 1. The molecule has 0 unspecified atom stereocenters. The Balaban J connectivity index is 1.46. The lowest BCUT2D eigenvalue weighted by Crippen LogP contribution is -2.38. The molecular formula is C26H30N8O. The Morgan fingerprint density at radius 1 is 1.14 bits per heavy atom. The highest BCUT2D eigenvalue weighted by molar-refractivity contribution is 6.09. The molecule has 180 valence electrons. The number of anilines is 1. The first-order valence-corrected chi connectivity index (χ1v) is 11.2. The number of hydrogen-bond acceptors (Lipinski definition) is 8. The highest BCUT2D eigenvalue weighted by Gasteiger charge is 2.13. The van der Waals surface area contributed by atoms with E-state index in [1.165, 1.54) is 0 Å². The van der Waals surface area contributed by atoms with Crippen molar-refractivity contribution in [2.45, 2.75) is 25.9 Å². The minimum atomic E-state index is -0.409. The van der Waals surface area contributed by atoms with Gasteiger partial charge in [-0.25, -0.2) is 15.0 Å². The van der Waals surface area contributed by atoms with Crippen molar-refractivity contribution in [1.29, 1.82) is 0 Å². The molecule has 0 fully saturated rings. The molecule has 9 nitrogen and oxygen atoms in total. The lowest BCUT2D eigenvalue weighted by Gasteiger charge is -2.19. The molecule has 4 aromatic rings. The maximum atomic E-state index is 6.01. The van der Waals surface area contributed by atoms with Crippen molar-refractivity contribution in [3.8, 4) is 17.1 Å². The minimum Gasteiger partial charge on any atom is -0.492 e. The van der Waals surface area contributed by atoms with E-state index in [9.17, 15) is 0 Å². The average molecular weight is 471 g/mol. The van der Waals surface area contributed by atoms with Crippen LogP contribution < -0.4 is 21.5 Å². The lowest BCUT2D eigenvalue weighted by atomic mass is 10.1. The van der Waals surface area contributed by atoms with Crippen molar-refractivity contribution >= 4 is 23.3 Å². The van der Waals surface area contributed by atoms with Crippen LogP contribution in [0.5, 0.6) is 5.75 Å². The fourth-order valence-electron chi connectivity index (χ4n) is 3.47. The van der Waals surface area contributed by atoms with Crippen LogP contribution >= 0.6 is 0 Å². The largest absolute Gasteiger partial charge is 0.492 e. The highest BCUT2D eigenvalue weighted by Crippen LogP contribution is 2.23. The number of hydrogen-bond donors (Lipinski definition) is 3. The molecule has 35 heavy (non-hydrogen) atoms. The van der Waals surface area contributed by atoms with Gasteiger partial charge in [-0.3, -0.25) is 9.39 Å². The summed E-state index contributed by atoms with van der Waals surface area (Å²) in [6.07, 6.45) is 8.55. The first kappa shape index (κ1) is 23.9. The molecule has 9 heteroatoms. The number of aromatic nitrogens is 4. The smallest absolute Gasteiger partial charge is 0.140 e. The molecule has 0 saturated heterocycles. The van der Waals surface area contributed by atoms with Crippen molar-refractivity contribution < 1.29 is 4.74 Å². The summed E-state index contributed by atoms with van der Waals surface area (Å²) >= 11 is 0. The summed E-state index contributed by atoms with van der Waals surface area (Å²) in [5.41, 5.74) is 16.7. The minimum absolute atomic E-state index is 0.409. The number of benzene rings is 1. The predicted octanol–water partition coefficient (Wildman–Crippen LogP) is 3.52. The molecule has 0 aliphatic carbocycles.